The summed E-state index contributed by atoms with van der Waals surface area (Å²) in [5.74, 6) is 1.14. The van der Waals surface area contributed by atoms with E-state index in [4.69, 9.17) is 4.74 Å². The molecule has 2 N–H and O–H groups in total. The second-order valence-corrected chi connectivity index (χ2v) is 8.40. The Morgan fingerprint density at radius 3 is 2.14 bits per heavy atom. The number of nitrogens with one attached hydrogen (secondary N) is 1. The summed E-state index contributed by atoms with van der Waals surface area (Å²) >= 11 is 0. The second kappa shape index (κ2) is 9.39. The molecule has 0 aliphatic heterocycles. The molecule has 0 aromatic rings. The summed E-state index contributed by atoms with van der Waals surface area (Å²) in [5, 5.41) is 12.8. The number of hydrogen-bond donors (Lipinski definition) is 2. The van der Waals surface area contributed by atoms with Crippen molar-refractivity contribution in [2.75, 3.05) is 13.2 Å². The monoisotopic (exact) mass is 315 g/mol. The Morgan fingerprint density at radius 1 is 1.14 bits per heavy atom. The topological polar surface area (TPSA) is 58.6 Å². The maximum absolute atomic E-state index is 11.9. The molecule has 1 unspecified atom stereocenters. The highest BCUT2D eigenvalue weighted by Gasteiger charge is 2.31. The molecule has 0 aliphatic rings. The van der Waals surface area contributed by atoms with Gasteiger partial charge in [-0.2, -0.15) is 0 Å². The Balaban J connectivity index is 4.66. The molecule has 0 saturated heterocycles. The van der Waals surface area contributed by atoms with E-state index in [1.807, 2.05) is 20.8 Å². The molecule has 0 aromatic carbocycles. The van der Waals surface area contributed by atoms with Crippen LogP contribution in [0.4, 0.5) is 4.79 Å². The quantitative estimate of drug-likeness (QED) is 0.664. The number of carbonyl (C=O) groups is 1. The average molecular weight is 315 g/mol. The molecule has 4 nitrogen and oxygen atoms in total. The number of hydrogen-bond acceptors (Lipinski definition) is 3. The molecule has 0 spiro atoms. The minimum absolute atomic E-state index is 0.0963. The Hall–Kier alpha value is -0.770. The van der Waals surface area contributed by atoms with Gasteiger partial charge < -0.3 is 15.2 Å². The van der Waals surface area contributed by atoms with E-state index in [1.165, 1.54) is 0 Å². The molecule has 0 radical (unpaired) electrons. The minimum atomic E-state index is -0.498. The van der Waals surface area contributed by atoms with Crippen molar-refractivity contribution < 1.29 is 14.6 Å². The van der Waals surface area contributed by atoms with E-state index in [0.717, 1.165) is 25.7 Å². The van der Waals surface area contributed by atoms with Gasteiger partial charge in [0, 0.05) is 12.0 Å². The molecule has 22 heavy (non-hydrogen) atoms. The maximum Gasteiger partial charge on any atom is 0.407 e. The highest BCUT2D eigenvalue weighted by Crippen LogP contribution is 2.32. The van der Waals surface area contributed by atoms with E-state index in [0.29, 0.717) is 18.4 Å². The van der Waals surface area contributed by atoms with Crippen molar-refractivity contribution in [2.45, 2.75) is 79.8 Å². The number of amides is 1. The van der Waals surface area contributed by atoms with Gasteiger partial charge in [-0.05, 0) is 45.4 Å². The smallest absolute Gasteiger partial charge is 0.407 e. The van der Waals surface area contributed by atoms with Crippen LogP contribution in [0.3, 0.4) is 0 Å². The van der Waals surface area contributed by atoms with E-state index in [2.05, 4.69) is 33.0 Å². The van der Waals surface area contributed by atoms with Crippen molar-refractivity contribution in [3.8, 4) is 0 Å². The molecule has 0 aliphatic carbocycles. The third-order valence-corrected chi connectivity index (χ3v) is 3.67. The lowest BCUT2D eigenvalue weighted by Crippen LogP contribution is -2.43. The first kappa shape index (κ1) is 21.2. The van der Waals surface area contributed by atoms with Crippen LogP contribution < -0.4 is 5.32 Å². The first-order valence-electron chi connectivity index (χ1n) is 8.57. The van der Waals surface area contributed by atoms with Crippen LogP contribution in [0, 0.1) is 17.3 Å². The largest absolute Gasteiger partial charge is 0.444 e. The number of ether oxygens (including phenoxy) is 1. The molecule has 4 heteroatoms. The SMILES string of the molecule is CC(C)CCCC(CO)(CNC(=O)OC(C)(C)C)CC(C)C. The lowest BCUT2D eigenvalue weighted by atomic mass is 9.76. The fourth-order valence-electron chi connectivity index (χ4n) is 2.79. The van der Waals surface area contributed by atoms with Gasteiger partial charge in [-0.3, -0.25) is 0 Å². The zero-order chi connectivity index (χ0) is 17.4. The molecule has 0 saturated carbocycles. The van der Waals surface area contributed by atoms with Gasteiger partial charge in [0.05, 0.1) is 6.61 Å². The van der Waals surface area contributed by atoms with Crippen LogP contribution in [-0.2, 0) is 4.74 Å². The van der Waals surface area contributed by atoms with Crippen LogP contribution in [0.15, 0.2) is 0 Å². The van der Waals surface area contributed by atoms with Gasteiger partial charge in [0.15, 0.2) is 0 Å². The predicted molar refractivity (Wildman–Crippen MR) is 91.9 cm³/mol. The van der Waals surface area contributed by atoms with Crippen molar-refractivity contribution in [1.82, 2.24) is 5.32 Å². The predicted octanol–water partition coefficient (Wildman–Crippen LogP) is 4.36. The molecular formula is C18H37NO3. The molecule has 0 bridgehead atoms. The van der Waals surface area contributed by atoms with E-state index in [-0.39, 0.29) is 12.0 Å². The third kappa shape index (κ3) is 10.0. The normalized spacial score (nSPS) is 15.0. The fourth-order valence-corrected chi connectivity index (χ4v) is 2.79. The summed E-state index contributed by atoms with van der Waals surface area (Å²) in [6.45, 7) is 14.8. The van der Waals surface area contributed by atoms with Gasteiger partial charge in [-0.15, -0.1) is 0 Å². The lowest BCUT2D eigenvalue weighted by molar-refractivity contribution is 0.0420. The van der Waals surface area contributed by atoms with E-state index in [1.54, 1.807) is 0 Å². The van der Waals surface area contributed by atoms with E-state index < -0.39 is 11.7 Å². The number of aliphatic hydroxyl groups is 1. The summed E-state index contributed by atoms with van der Waals surface area (Å²) < 4.78 is 5.29. The number of carbonyl (C=O) groups excluding carboxylic acids is 1. The van der Waals surface area contributed by atoms with Crippen LogP contribution in [-0.4, -0.2) is 30.0 Å². The zero-order valence-electron chi connectivity index (χ0n) is 15.7. The van der Waals surface area contributed by atoms with Crippen molar-refractivity contribution >= 4 is 6.09 Å². The molecular weight excluding hydrogens is 278 g/mol. The first-order chi connectivity index (χ1) is 9.99. The second-order valence-electron chi connectivity index (χ2n) is 8.40. The summed E-state index contributed by atoms with van der Waals surface area (Å²) in [4.78, 5) is 11.9. The van der Waals surface area contributed by atoms with Gasteiger partial charge in [-0.1, -0.05) is 40.5 Å². The summed E-state index contributed by atoms with van der Waals surface area (Å²) in [6, 6.07) is 0. The standard InChI is InChI=1S/C18H37NO3/c1-14(2)9-8-10-18(13-20,11-15(3)4)12-19-16(21)22-17(5,6)7/h14-15,20H,8-13H2,1-7H3,(H,19,21). The maximum atomic E-state index is 11.9. The number of rotatable bonds is 9. The third-order valence-electron chi connectivity index (χ3n) is 3.67. The Kier molecular flexibility index (Phi) is 9.06. The van der Waals surface area contributed by atoms with E-state index in [9.17, 15) is 9.90 Å². The molecule has 0 heterocycles. The molecule has 0 aromatic heterocycles. The average Bonchev–Trinajstić information content (AvgIpc) is 2.32. The van der Waals surface area contributed by atoms with Crippen molar-refractivity contribution in [3.63, 3.8) is 0 Å². The highest BCUT2D eigenvalue weighted by atomic mass is 16.6. The van der Waals surface area contributed by atoms with Gasteiger partial charge in [-0.25, -0.2) is 4.79 Å². The highest BCUT2D eigenvalue weighted by molar-refractivity contribution is 5.67. The van der Waals surface area contributed by atoms with Crippen molar-refractivity contribution in [3.05, 3.63) is 0 Å². The van der Waals surface area contributed by atoms with Crippen LogP contribution >= 0.6 is 0 Å². The van der Waals surface area contributed by atoms with Gasteiger partial charge in [0.1, 0.15) is 5.60 Å². The minimum Gasteiger partial charge on any atom is -0.444 e. The Bertz CT molecular complexity index is 321. The van der Waals surface area contributed by atoms with Crippen LogP contribution in [0.5, 0.6) is 0 Å². The van der Waals surface area contributed by atoms with Crippen LogP contribution in [0.25, 0.3) is 0 Å². The van der Waals surface area contributed by atoms with Gasteiger partial charge >= 0.3 is 6.09 Å². The molecule has 0 fully saturated rings. The van der Waals surface area contributed by atoms with Gasteiger partial charge in [0.2, 0.25) is 0 Å². The summed E-state index contributed by atoms with van der Waals surface area (Å²) in [6.07, 6.45) is 3.64. The number of alkyl carbamates (subject to hydrolysis) is 1. The molecule has 1 amide bonds. The summed E-state index contributed by atoms with van der Waals surface area (Å²) in [7, 11) is 0. The molecule has 132 valence electrons. The molecule has 1 atom stereocenters. The van der Waals surface area contributed by atoms with Gasteiger partial charge in [0.25, 0.3) is 0 Å². The fraction of sp³-hybridized carbons (Fsp3) is 0.944. The first-order valence-corrected chi connectivity index (χ1v) is 8.57. The van der Waals surface area contributed by atoms with Crippen LogP contribution in [0.2, 0.25) is 0 Å². The van der Waals surface area contributed by atoms with Crippen molar-refractivity contribution in [2.24, 2.45) is 17.3 Å². The Labute approximate surface area is 137 Å². The lowest BCUT2D eigenvalue weighted by Gasteiger charge is -2.34. The Morgan fingerprint density at radius 2 is 1.73 bits per heavy atom. The van der Waals surface area contributed by atoms with Crippen molar-refractivity contribution in [1.29, 1.82) is 0 Å². The number of aliphatic hydroxyl groups excluding tert-OH is 1. The zero-order valence-corrected chi connectivity index (χ0v) is 15.7. The van der Waals surface area contributed by atoms with Crippen LogP contribution in [0.1, 0.15) is 74.1 Å². The summed E-state index contributed by atoms with van der Waals surface area (Å²) in [5.41, 5.74) is -0.748. The molecule has 0 rings (SSSR count). The van der Waals surface area contributed by atoms with E-state index >= 15 is 0 Å².